The molecule has 1 N–H and O–H groups in total. The summed E-state index contributed by atoms with van der Waals surface area (Å²) in [7, 11) is -3.76. The summed E-state index contributed by atoms with van der Waals surface area (Å²) < 4.78 is 32.2. The van der Waals surface area contributed by atoms with Crippen molar-refractivity contribution in [1.82, 2.24) is 4.31 Å². The summed E-state index contributed by atoms with van der Waals surface area (Å²) in [5.41, 5.74) is 0. The molecule has 1 heterocycles. The van der Waals surface area contributed by atoms with Crippen LogP contribution in [-0.4, -0.2) is 43.5 Å². The van der Waals surface area contributed by atoms with E-state index in [1.54, 1.807) is 13.0 Å². The lowest BCUT2D eigenvalue weighted by atomic mass is 9.99. The molecule has 2 rings (SSSR count). The molecular formula is C14H18ClNO5S. The quantitative estimate of drug-likeness (QED) is 0.882. The van der Waals surface area contributed by atoms with Crippen molar-refractivity contribution in [2.24, 2.45) is 5.92 Å². The van der Waals surface area contributed by atoms with Gasteiger partial charge in [0, 0.05) is 18.1 Å². The Morgan fingerprint density at radius 2 is 2.05 bits per heavy atom. The van der Waals surface area contributed by atoms with Crippen LogP contribution in [0.4, 0.5) is 0 Å². The summed E-state index contributed by atoms with van der Waals surface area (Å²) in [6.07, 6.45) is 0.609. The molecule has 0 atom stereocenters. The Labute approximate surface area is 134 Å². The number of hydrogen-bond acceptors (Lipinski definition) is 4. The first-order chi connectivity index (χ1) is 10.4. The summed E-state index contributed by atoms with van der Waals surface area (Å²) in [5.74, 6) is -1.11. The highest BCUT2D eigenvalue weighted by atomic mass is 35.5. The summed E-state index contributed by atoms with van der Waals surface area (Å²) in [6.45, 7) is 2.46. The van der Waals surface area contributed by atoms with Gasteiger partial charge < -0.3 is 9.84 Å². The van der Waals surface area contributed by atoms with Gasteiger partial charge in [0.05, 0.1) is 12.5 Å². The molecule has 0 radical (unpaired) electrons. The number of aliphatic carboxylic acids is 1. The van der Waals surface area contributed by atoms with Crippen molar-refractivity contribution in [3.05, 3.63) is 23.2 Å². The van der Waals surface area contributed by atoms with E-state index in [4.69, 9.17) is 21.4 Å². The number of benzene rings is 1. The van der Waals surface area contributed by atoms with Crippen LogP contribution in [0.3, 0.4) is 0 Å². The monoisotopic (exact) mass is 347 g/mol. The van der Waals surface area contributed by atoms with Gasteiger partial charge in [0.1, 0.15) is 10.6 Å². The molecule has 1 aliphatic heterocycles. The van der Waals surface area contributed by atoms with Crippen molar-refractivity contribution in [1.29, 1.82) is 0 Å². The van der Waals surface area contributed by atoms with Crippen molar-refractivity contribution >= 4 is 27.6 Å². The fourth-order valence-corrected chi connectivity index (χ4v) is 4.30. The Hall–Kier alpha value is -1.31. The standard InChI is InChI=1S/C14H18ClNO5S/c1-2-21-12-4-3-11(15)9-13(12)22(19,20)16-7-5-10(6-8-16)14(17)18/h3-4,9-10H,2,5-8H2,1H3,(H,17,18). The van der Waals surface area contributed by atoms with Gasteiger partial charge >= 0.3 is 5.97 Å². The lowest BCUT2D eigenvalue weighted by molar-refractivity contribution is -0.142. The first-order valence-corrected chi connectivity index (χ1v) is 8.83. The molecule has 1 fully saturated rings. The van der Waals surface area contributed by atoms with Gasteiger partial charge in [0.25, 0.3) is 0 Å². The fraction of sp³-hybridized carbons (Fsp3) is 0.500. The number of sulfonamides is 1. The molecule has 122 valence electrons. The van der Waals surface area contributed by atoms with E-state index in [2.05, 4.69) is 0 Å². The average Bonchev–Trinajstić information content (AvgIpc) is 2.49. The molecule has 1 aliphatic rings. The van der Waals surface area contributed by atoms with E-state index in [0.29, 0.717) is 24.5 Å². The fourth-order valence-electron chi connectivity index (χ4n) is 2.44. The predicted molar refractivity (Wildman–Crippen MR) is 81.7 cm³/mol. The Morgan fingerprint density at radius 3 is 2.59 bits per heavy atom. The van der Waals surface area contributed by atoms with Crippen molar-refractivity contribution < 1.29 is 23.1 Å². The Kier molecular flexibility index (Phi) is 5.31. The van der Waals surface area contributed by atoms with E-state index in [9.17, 15) is 13.2 Å². The zero-order valence-corrected chi connectivity index (χ0v) is 13.7. The van der Waals surface area contributed by atoms with Gasteiger partial charge in [-0.05, 0) is 38.0 Å². The van der Waals surface area contributed by atoms with E-state index in [1.165, 1.54) is 16.4 Å². The van der Waals surface area contributed by atoms with E-state index in [0.717, 1.165) is 0 Å². The van der Waals surface area contributed by atoms with E-state index in [-0.39, 0.29) is 23.7 Å². The number of ether oxygens (including phenoxy) is 1. The maximum atomic E-state index is 12.8. The van der Waals surface area contributed by atoms with Crippen LogP contribution >= 0.6 is 11.6 Å². The summed E-state index contributed by atoms with van der Waals surface area (Å²) in [4.78, 5) is 11.0. The summed E-state index contributed by atoms with van der Waals surface area (Å²) >= 11 is 5.91. The lowest BCUT2D eigenvalue weighted by Crippen LogP contribution is -2.40. The number of carboxylic acid groups (broad SMARTS) is 1. The highest BCUT2D eigenvalue weighted by Crippen LogP contribution is 2.32. The van der Waals surface area contributed by atoms with Gasteiger partial charge in [-0.15, -0.1) is 0 Å². The van der Waals surface area contributed by atoms with Crippen LogP contribution in [0.25, 0.3) is 0 Å². The van der Waals surface area contributed by atoms with E-state index in [1.807, 2.05) is 0 Å². The molecule has 1 aromatic carbocycles. The zero-order valence-electron chi connectivity index (χ0n) is 12.2. The van der Waals surface area contributed by atoms with Crippen LogP contribution < -0.4 is 4.74 Å². The van der Waals surface area contributed by atoms with E-state index >= 15 is 0 Å². The number of carbonyl (C=O) groups is 1. The number of halogens is 1. The van der Waals surface area contributed by atoms with Crippen molar-refractivity contribution in [2.45, 2.75) is 24.7 Å². The largest absolute Gasteiger partial charge is 0.492 e. The molecule has 0 amide bonds. The van der Waals surface area contributed by atoms with Gasteiger partial charge in [-0.2, -0.15) is 4.31 Å². The maximum Gasteiger partial charge on any atom is 0.306 e. The molecule has 0 aromatic heterocycles. The summed E-state index contributed by atoms with van der Waals surface area (Å²) in [5, 5.41) is 9.30. The highest BCUT2D eigenvalue weighted by molar-refractivity contribution is 7.89. The van der Waals surface area contributed by atoms with Crippen molar-refractivity contribution in [3.63, 3.8) is 0 Å². The average molecular weight is 348 g/mol. The molecule has 0 bridgehead atoms. The molecular weight excluding hydrogens is 330 g/mol. The minimum atomic E-state index is -3.76. The molecule has 1 saturated heterocycles. The highest BCUT2D eigenvalue weighted by Gasteiger charge is 2.33. The molecule has 0 saturated carbocycles. The van der Waals surface area contributed by atoms with Crippen LogP contribution in [0.5, 0.6) is 5.75 Å². The van der Waals surface area contributed by atoms with Crippen LogP contribution in [0.15, 0.2) is 23.1 Å². The molecule has 0 aliphatic carbocycles. The third kappa shape index (κ3) is 3.53. The smallest absolute Gasteiger partial charge is 0.306 e. The van der Waals surface area contributed by atoms with Gasteiger partial charge in [-0.3, -0.25) is 4.79 Å². The third-order valence-electron chi connectivity index (χ3n) is 3.63. The Bertz CT molecular complexity index is 653. The minimum absolute atomic E-state index is 0.0237. The van der Waals surface area contributed by atoms with Gasteiger partial charge in [-0.25, -0.2) is 8.42 Å². The van der Waals surface area contributed by atoms with Crippen LogP contribution in [0, 0.1) is 5.92 Å². The number of rotatable bonds is 5. The molecule has 8 heteroatoms. The number of nitrogens with zero attached hydrogens (tertiary/aromatic N) is 1. The predicted octanol–water partition coefficient (Wildman–Crippen LogP) is 2.22. The normalized spacial score (nSPS) is 17.4. The number of piperidine rings is 1. The molecule has 22 heavy (non-hydrogen) atoms. The van der Waals surface area contributed by atoms with Crippen LogP contribution in [0.2, 0.25) is 5.02 Å². The van der Waals surface area contributed by atoms with Crippen molar-refractivity contribution in [2.75, 3.05) is 19.7 Å². The number of hydrogen-bond donors (Lipinski definition) is 1. The van der Waals surface area contributed by atoms with E-state index < -0.39 is 21.9 Å². The second kappa shape index (κ2) is 6.85. The second-order valence-corrected chi connectivity index (χ2v) is 7.38. The number of carboxylic acids is 1. The lowest BCUT2D eigenvalue weighted by Gasteiger charge is -2.29. The topological polar surface area (TPSA) is 83.9 Å². The first-order valence-electron chi connectivity index (χ1n) is 7.01. The Balaban J connectivity index is 2.28. The zero-order chi connectivity index (χ0) is 16.3. The van der Waals surface area contributed by atoms with Crippen LogP contribution in [0.1, 0.15) is 19.8 Å². The molecule has 1 aromatic rings. The SMILES string of the molecule is CCOc1ccc(Cl)cc1S(=O)(=O)N1CCC(C(=O)O)CC1. The summed E-state index contributed by atoms with van der Waals surface area (Å²) in [6, 6.07) is 4.47. The third-order valence-corrected chi connectivity index (χ3v) is 5.78. The first kappa shape index (κ1) is 17.1. The van der Waals surface area contributed by atoms with Crippen molar-refractivity contribution in [3.8, 4) is 5.75 Å². The minimum Gasteiger partial charge on any atom is -0.492 e. The van der Waals surface area contributed by atoms with Crippen LogP contribution in [-0.2, 0) is 14.8 Å². The van der Waals surface area contributed by atoms with Gasteiger partial charge in [0.2, 0.25) is 10.0 Å². The molecule has 0 spiro atoms. The van der Waals surface area contributed by atoms with Gasteiger partial charge in [-0.1, -0.05) is 11.6 Å². The molecule has 6 nitrogen and oxygen atoms in total. The van der Waals surface area contributed by atoms with Gasteiger partial charge in [0.15, 0.2) is 0 Å². The molecule has 0 unspecified atom stereocenters. The maximum absolute atomic E-state index is 12.8. The second-order valence-electron chi connectivity index (χ2n) is 5.04. The Morgan fingerprint density at radius 1 is 1.41 bits per heavy atom.